The van der Waals surface area contributed by atoms with Crippen LogP contribution < -0.4 is 0 Å². The quantitative estimate of drug-likeness (QED) is 0.710. The molecular formula is C7H6ClFN2O. The van der Waals surface area contributed by atoms with Crippen LogP contribution in [-0.2, 0) is 0 Å². The van der Waals surface area contributed by atoms with E-state index < -0.39 is 5.82 Å². The number of aliphatic hydroxyl groups is 1. The van der Waals surface area contributed by atoms with Crippen LogP contribution in [0.1, 0.15) is 5.56 Å². The van der Waals surface area contributed by atoms with E-state index in [4.69, 9.17) is 16.7 Å². The number of aliphatic hydroxyl groups excluding tert-OH is 1. The zero-order chi connectivity index (χ0) is 8.97. The Morgan fingerprint density at radius 2 is 2.42 bits per heavy atom. The lowest BCUT2D eigenvalue weighted by molar-refractivity contribution is 0.310. The van der Waals surface area contributed by atoms with Crippen LogP contribution in [0.15, 0.2) is 17.4 Å². The van der Waals surface area contributed by atoms with E-state index in [1.807, 2.05) is 0 Å². The van der Waals surface area contributed by atoms with E-state index in [9.17, 15) is 4.39 Å². The highest BCUT2D eigenvalue weighted by molar-refractivity contribution is 6.33. The summed E-state index contributed by atoms with van der Waals surface area (Å²) in [6.07, 6.45) is 3.64. The predicted octanol–water partition coefficient (Wildman–Crippen LogP) is 1.24. The largest absolute Gasteiger partial charge is 0.375 e. The van der Waals surface area contributed by atoms with Crippen molar-refractivity contribution in [3.8, 4) is 0 Å². The van der Waals surface area contributed by atoms with Gasteiger partial charge in [-0.3, -0.25) is 9.98 Å². The van der Waals surface area contributed by atoms with Crippen molar-refractivity contribution in [1.29, 1.82) is 0 Å². The van der Waals surface area contributed by atoms with Crippen molar-refractivity contribution in [2.24, 2.45) is 4.99 Å². The molecule has 0 aliphatic rings. The molecular weight excluding hydrogens is 183 g/mol. The minimum atomic E-state index is -0.599. The third-order valence-electron chi connectivity index (χ3n) is 1.18. The number of pyridine rings is 1. The van der Waals surface area contributed by atoms with Gasteiger partial charge in [0, 0.05) is 18.0 Å². The summed E-state index contributed by atoms with van der Waals surface area (Å²) in [6, 6.07) is 0. The third-order valence-corrected chi connectivity index (χ3v) is 1.58. The summed E-state index contributed by atoms with van der Waals surface area (Å²) in [5, 5.41) is 8.29. The first-order valence-electron chi connectivity index (χ1n) is 3.15. The lowest BCUT2D eigenvalue weighted by Crippen LogP contribution is -1.90. The highest BCUT2D eigenvalue weighted by Crippen LogP contribution is 2.16. The van der Waals surface area contributed by atoms with Gasteiger partial charge in [-0.1, -0.05) is 11.6 Å². The fourth-order valence-electron chi connectivity index (χ4n) is 0.663. The van der Waals surface area contributed by atoms with Crippen molar-refractivity contribution in [3.63, 3.8) is 0 Å². The average molecular weight is 189 g/mol. The van der Waals surface area contributed by atoms with Gasteiger partial charge in [0.15, 0.2) is 5.82 Å². The Labute approximate surface area is 73.5 Å². The van der Waals surface area contributed by atoms with Gasteiger partial charge in [0.25, 0.3) is 0 Å². The zero-order valence-electron chi connectivity index (χ0n) is 6.04. The van der Waals surface area contributed by atoms with Crippen molar-refractivity contribution >= 4 is 17.8 Å². The minimum absolute atomic E-state index is 0.0396. The second kappa shape index (κ2) is 4.13. The van der Waals surface area contributed by atoms with Crippen LogP contribution in [0.5, 0.6) is 0 Å². The molecule has 0 amide bonds. The molecule has 0 bridgehead atoms. The lowest BCUT2D eigenvalue weighted by atomic mass is 10.3. The fourth-order valence-corrected chi connectivity index (χ4v) is 0.810. The van der Waals surface area contributed by atoms with Crippen molar-refractivity contribution in [2.75, 3.05) is 6.73 Å². The van der Waals surface area contributed by atoms with E-state index in [-0.39, 0.29) is 11.8 Å². The number of aliphatic imine (C=N–C) groups is 1. The summed E-state index contributed by atoms with van der Waals surface area (Å²) in [7, 11) is 0. The molecule has 0 saturated heterocycles. The van der Waals surface area contributed by atoms with E-state index >= 15 is 0 Å². The molecule has 0 aliphatic heterocycles. The van der Waals surface area contributed by atoms with E-state index in [1.54, 1.807) is 0 Å². The maximum Gasteiger partial charge on any atom is 0.160 e. The van der Waals surface area contributed by atoms with Gasteiger partial charge in [0.1, 0.15) is 6.73 Å². The standard InChI is InChI=1S/C7H6ClFN2O/c8-7-5(2-11-4-12)1-10-3-6(7)9/h1-3,12H,4H2/b11-2+. The molecule has 0 saturated carbocycles. The molecule has 1 N–H and O–H groups in total. The number of hydrogen-bond acceptors (Lipinski definition) is 3. The molecule has 0 fully saturated rings. The van der Waals surface area contributed by atoms with E-state index in [1.165, 1.54) is 12.4 Å². The Bertz CT molecular complexity index is 303. The van der Waals surface area contributed by atoms with Gasteiger partial charge in [-0.2, -0.15) is 0 Å². The number of rotatable bonds is 2. The van der Waals surface area contributed by atoms with Crippen molar-refractivity contribution in [3.05, 3.63) is 28.8 Å². The van der Waals surface area contributed by atoms with Gasteiger partial charge in [-0.15, -0.1) is 0 Å². The first-order valence-corrected chi connectivity index (χ1v) is 3.53. The van der Waals surface area contributed by atoms with Gasteiger partial charge in [0.2, 0.25) is 0 Å². The molecule has 0 radical (unpaired) electrons. The minimum Gasteiger partial charge on any atom is -0.375 e. The van der Waals surface area contributed by atoms with Crippen LogP contribution >= 0.6 is 11.6 Å². The molecule has 0 aliphatic carbocycles. The molecule has 1 aromatic rings. The van der Waals surface area contributed by atoms with Crippen LogP contribution in [0.4, 0.5) is 4.39 Å². The third kappa shape index (κ3) is 1.99. The Morgan fingerprint density at radius 1 is 1.67 bits per heavy atom. The molecule has 5 heteroatoms. The number of halogens is 2. The molecule has 0 spiro atoms. The van der Waals surface area contributed by atoms with Gasteiger partial charge < -0.3 is 5.11 Å². The Kier molecular flexibility index (Phi) is 3.13. The van der Waals surface area contributed by atoms with Gasteiger partial charge >= 0.3 is 0 Å². The van der Waals surface area contributed by atoms with E-state index in [2.05, 4.69) is 9.98 Å². The molecule has 12 heavy (non-hydrogen) atoms. The summed E-state index contributed by atoms with van der Waals surface area (Å²) in [5.41, 5.74) is 0.353. The molecule has 0 aromatic carbocycles. The molecule has 0 unspecified atom stereocenters. The molecule has 1 heterocycles. The summed E-state index contributed by atoms with van der Waals surface area (Å²) < 4.78 is 12.7. The van der Waals surface area contributed by atoms with E-state index in [0.717, 1.165) is 6.20 Å². The van der Waals surface area contributed by atoms with Crippen molar-refractivity contribution in [2.45, 2.75) is 0 Å². The lowest BCUT2D eigenvalue weighted by Gasteiger charge is -1.96. The molecule has 1 rings (SSSR count). The predicted molar refractivity (Wildman–Crippen MR) is 43.9 cm³/mol. The Morgan fingerprint density at radius 3 is 3.08 bits per heavy atom. The summed E-state index contributed by atoms with van der Waals surface area (Å²) in [4.78, 5) is 7.05. The van der Waals surface area contributed by atoms with Gasteiger partial charge in [0.05, 0.1) is 11.2 Å². The SMILES string of the molecule is OC/N=C/c1cncc(F)c1Cl. The van der Waals surface area contributed by atoms with Gasteiger partial charge in [-0.05, 0) is 0 Å². The summed E-state index contributed by atoms with van der Waals surface area (Å²) >= 11 is 5.54. The van der Waals surface area contributed by atoms with Gasteiger partial charge in [-0.25, -0.2) is 4.39 Å². The van der Waals surface area contributed by atoms with Crippen LogP contribution in [0.25, 0.3) is 0 Å². The highest BCUT2D eigenvalue weighted by Gasteiger charge is 2.02. The highest BCUT2D eigenvalue weighted by atomic mass is 35.5. The van der Waals surface area contributed by atoms with Crippen molar-refractivity contribution < 1.29 is 9.50 Å². The maximum atomic E-state index is 12.7. The maximum absolute atomic E-state index is 12.7. The first kappa shape index (κ1) is 9.09. The molecule has 0 atom stereocenters. The smallest absolute Gasteiger partial charge is 0.160 e. The first-order chi connectivity index (χ1) is 5.75. The Hall–Kier alpha value is -1.00. The van der Waals surface area contributed by atoms with Crippen LogP contribution in [0.3, 0.4) is 0 Å². The fraction of sp³-hybridized carbons (Fsp3) is 0.143. The Balaban J connectivity index is 3.00. The second-order valence-corrected chi connectivity index (χ2v) is 2.36. The monoisotopic (exact) mass is 188 g/mol. The van der Waals surface area contributed by atoms with Crippen LogP contribution in [0, 0.1) is 5.82 Å². The summed E-state index contributed by atoms with van der Waals surface area (Å²) in [6.45, 7) is -0.354. The summed E-state index contributed by atoms with van der Waals surface area (Å²) in [5.74, 6) is -0.599. The molecule has 3 nitrogen and oxygen atoms in total. The number of nitrogens with zero attached hydrogens (tertiary/aromatic N) is 2. The molecule has 64 valence electrons. The topological polar surface area (TPSA) is 45.5 Å². The average Bonchev–Trinajstić information content (AvgIpc) is 2.08. The van der Waals surface area contributed by atoms with Crippen molar-refractivity contribution in [1.82, 2.24) is 4.98 Å². The van der Waals surface area contributed by atoms with E-state index in [0.29, 0.717) is 5.56 Å². The zero-order valence-corrected chi connectivity index (χ0v) is 6.79. The number of aromatic nitrogens is 1. The number of hydrogen-bond donors (Lipinski definition) is 1. The van der Waals surface area contributed by atoms with Crippen LogP contribution in [0.2, 0.25) is 5.02 Å². The van der Waals surface area contributed by atoms with Crippen LogP contribution in [-0.4, -0.2) is 23.0 Å². The molecule has 1 aromatic heterocycles. The normalized spacial score (nSPS) is 10.9. The second-order valence-electron chi connectivity index (χ2n) is 1.98.